The summed E-state index contributed by atoms with van der Waals surface area (Å²) in [5.41, 5.74) is -0.0822. The largest absolute Gasteiger partial charge is 0.444 e. The summed E-state index contributed by atoms with van der Waals surface area (Å²) in [6, 6.07) is 6.36. The van der Waals surface area contributed by atoms with E-state index in [4.69, 9.17) is 4.74 Å². The van der Waals surface area contributed by atoms with Crippen molar-refractivity contribution in [1.29, 1.82) is 0 Å². The molecule has 0 saturated carbocycles. The fourth-order valence-electron chi connectivity index (χ4n) is 2.68. The van der Waals surface area contributed by atoms with Crippen molar-refractivity contribution in [2.45, 2.75) is 45.6 Å². The van der Waals surface area contributed by atoms with E-state index in [1.54, 1.807) is 23.1 Å². The highest BCUT2D eigenvalue weighted by atomic mass is 19.1. The van der Waals surface area contributed by atoms with Gasteiger partial charge in [-0.15, -0.1) is 0 Å². The minimum atomic E-state index is -0.519. The number of hydrogen-bond donors (Lipinski definition) is 0. The van der Waals surface area contributed by atoms with Gasteiger partial charge in [0.2, 0.25) is 0 Å². The number of nitrogens with zero attached hydrogens (tertiary/aromatic N) is 1. The van der Waals surface area contributed by atoms with Crippen LogP contribution < -0.4 is 0 Å². The predicted molar refractivity (Wildman–Crippen MR) is 85.6 cm³/mol. The predicted octanol–water partition coefficient (Wildman–Crippen LogP) is 3.58. The van der Waals surface area contributed by atoms with Gasteiger partial charge in [0, 0.05) is 25.4 Å². The Bertz CT molecular complexity index is 572. The molecule has 0 unspecified atom stereocenters. The standard InChI is InChI=1S/C18H24FNO3/c1-18(2,3)23-17(22)20-10-8-13(9-11-20)16(21)12-14-6-4-5-7-15(14)19/h4-7,13H,8-12H2,1-3H3. The number of likely N-dealkylation sites (tertiary alicyclic amines) is 1. The fraction of sp³-hybridized carbons (Fsp3) is 0.556. The van der Waals surface area contributed by atoms with Crippen molar-refractivity contribution in [2.75, 3.05) is 13.1 Å². The summed E-state index contributed by atoms with van der Waals surface area (Å²) >= 11 is 0. The third-order valence-corrected chi connectivity index (χ3v) is 3.92. The zero-order valence-electron chi connectivity index (χ0n) is 14.0. The van der Waals surface area contributed by atoms with Crippen molar-refractivity contribution >= 4 is 11.9 Å². The van der Waals surface area contributed by atoms with Crippen LogP contribution in [0.1, 0.15) is 39.2 Å². The highest BCUT2D eigenvalue weighted by Gasteiger charge is 2.29. The van der Waals surface area contributed by atoms with Crippen molar-refractivity contribution in [3.05, 3.63) is 35.6 Å². The van der Waals surface area contributed by atoms with Crippen LogP contribution in [0.5, 0.6) is 0 Å². The van der Waals surface area contributed by atoms with Crippen molar-refractivity contribution in [3.63, 3.8) is 0 Å². The second-order valence-corrected chi connectivity index (χ2v) is 6.98. The molecule has 4 nitrogen and oxygen atoms in total. The molecule has 1 aliphatic heterocycles. The number of benzene rings is 1. The van der Waals surface area contributed by atoms with E-state index in [-0.39, 0.29) is 30.0 Å². The molecule has 0 radical (unpaired) electrons. The van der Waals surface area contributed by atoms with Crippen LogP contribution in [0, 0.1) is 11.7 Å². The smallest absolute Gasteiger partial charge is 0.410 e. The Labute approximate surface area is 136 Å². The number of halogens is 1. The van der Waals surface area contributed by atoms with Crippen molar-refractivity contribution in [3.8, 4) is 0 Å². The van der Waals surface area contributed by atoms with Gasteiger partial charge in [0.25, 0.3) is 0 Å². The average Bonchev–Trinajstić information content (AvgIpc) is 2.48. The molecular formula is C18H24FNO3. The first-order valence-electron chi connectivity index (χ1n) is 8.00. The summed E-state index contributed by atoms with van der Waals surface area (Å²) in [5, 5.41) is 0. The highest BCUT2D eigenvalue weighted by molar-refractivity contribution is 5.83. The minimum absolute atomic E-state index is 0.0407. The summed E-state index contributed by atoms with van der Waals surface area (Å²) in [5.74, 6) is -0.417. The Morgan fingerprint density at radius 2 is 1.83 bits per heavy atom. The van der Waals surface area contributed by atoms with Crippen LogP contribution in [0.4, 0.5) is 9.18 Å². The Kier molecular flexibility index (Phi) is 5.39. The van der Waals surface area contributed by atoms with Gasteiger partial charge in [-0.1, -0.05) is 18.2 Å². The van der Waals surface area contributed by atoms with Gasteiger partial charge in [0.1, 0.15) is 17.2 Å². The van der Waals surface area contributed by atoms with Gasteiger partial charge < -0.3 is 9.64 Å². The third kappa shape index (κ3) is 5.05. The lowest BCUT2D eigenvalue weighted by molar-refractivity contribution is -0.123. The Morgan fingerprint density at radius 1 is 1.22 bits per heavy atom. The fourth-order valence-corrected chi connectivity index (χ4v) is 2.68. The summed E-state index contributed by atoms with van der Waals surface area (Å²) in [6.45, 7) is 6.49. The van der Waals surface area contributed by atoms with Crippen LogP contribution in [-0.4, -0.2) is 35.5 Å². The third-order valence-electron chi connectivity index (χ3n) is 3.92. The molecule has 2 rings (SSSR count). The van der Waals surface area contributed by atoms with E-state index in [2.05, 4.69) is 0 Å². The lowest BCUT2D eigenvalue weighted by Crippen LogP contribution is -2.43. The number of amides is 1. The quantitative estimate of drug-likeness (QED) is 0.855. The SMILES string of the molecule is CC(C)(C)OC(=O)N1CCC(C(=O)Cc2ccccc2F)CC1. The first kappa shape index (κ1) is 17.4. The molecule has 23 heavy (non-hydrogen) atoms. The molecule has 1 aromatic carbocycles. The molecule has 0 spiro atoms. The summed E-state index contributed by atoms with van der Waals surface area (Å²) in [7, 11) is 0. The van der Waals surface area contributed by atoms with E-state index in [0.29, 0.717) is 31.5 Å². The second-order valence-electron chi connectivity index (χ2n) is 6.98. The van der Waals surface area contributed by atoms with Crippen LogP contribution in [-0.2, 0) is 16.0 Å². The molecule has 0 N–H and O–H groups in total. The number of piperidine rings is 1. The normalized spacial score (nSPS) is 16.3. The molecule has 126 valence electrons. The zero-order valence-corrected chi connectivity index (χ0v) is 14.0. The Hall–Kier alpha value is -1.91. The lowest BCUT2D eigenvalue weighted by atomic mass is 9.89. The van der Waals surface area contributed by atoms with Gasteiger partial charge in [-0.05, 0) is 45.2 Å². The molecule has 1 aliphatic rings. The maximum atomic E-state index is 13.6. The van der Waals surface area contributed by atoms with Crippen LogP contribution >= 0.6 is 0 Å². The molecule has 1 fully saturated rings. The number of ketones is 1. The Morgan fingerprint density at radius 3 is 2.39 bits per heavy atom. The highest BCUT2D eigenvalue weighted by Crippen LogP contribution is 2.22. The number of ether oxygens (including phenoxy) is 1. The van der Waals surface area contributed by atoms with Gasteiger partial charge in [0.15, 0.2) is 0 Å². The van der Waals surface area contributed by atoms with E-state index in [1.807, 2.05) is 20.8 Å². The molecule has 0 bridgehead atoms. The molecule has 1 amide bonds. The Balaban J connectivity index is 1.85. The molecule has 1 aromatic rings. The zero-order chi connectivity index (χ0) is 17.0. The first-order chi connectivity index (χ1) is 10.8. The molecule has 0 atom stereocenters. The maximum absolute atomic E-state index is 13.6. The molecule has 0 aromatic heterocycles. The van der Waals surface area contributed by atoms with Crippen LogP contribution in [0.25, 0.3) is 0 Å². The number of carbonyl (C=O) groups is 2. The number of hydrogen-bond acceptors (Lipinski definition) is 3. The van der Waals surface area contributed by atoms with Crippen molar-refractivity contribution < 1.29 is 18.7 Å². The van der Waals surface area contributed by atoms with E-state index in [9.17, 15) is 14.0 Å². The topological polar surface area (TPSA) is 46.6 Å². The van der Waals surface area contributed by atoms with Crippen LogP contribution in [0.2, 0.25) is 0 Å². The molecule has 1 saturated heterocycles. The van der Waals surface area contributed by atoms with Gasteiger partial charge in [0.05, 0.1) is 0 Å². The van der Waals surface area contributed by atoms with E-state index in [1.165, 1.54) is 6.07 Å². The van der Waals surface area contributed by atoms with Crippen LogP contribution in [0.15, 0.2) is 24.3 Å². The molecule has 0 aliphatic carbocycles. The lowest BCUT2D eigenvalue weighted by Gasteiger charge is -2.33. The molecule has 1 heterocycles. The van der Waals surface area contributed by atoms with E-state index < -0.39 is 5.60 Å². The molecular weight excluding hydrogens is 297 g/mol. The first-order valence-corrected chi connectivity index (χ1v) is 8.00. The van der Waals surface area contributed by atoms with Gasteiger partial charge in [-0.25, -0.2) is 9.18 Å². The van der Waals surface area contributed by atoms with Crippen molar-refractivity contribution in [1.82, 2.24) is 4.90 Å². The van der Waals surface area contributed by atoms with Gasteiger partial charge in [-0.3, -0.25) is 4.79 Å². The minimum Gasteiger partial charge on any atom is -0.444 e. The maximum Gasteiger partial charge on any atom is 0.410 e. The van der Waals surface area contributed by atoms with Gasteiger partial charge in [-0.2, -0.15) is 0 Å². The number of rotatable bonds is 3. The van der Waals surface area contributed by atoms with Gasteiger partial charge >= 0.3 is 6.09 Å². The molecule has 5 heteroatoms. The monoisotopic (exact) mass is 321 g/mol. The summed E-state index contributed by atoms with van der Waals surface area (Å²) < 4.78 is 19.0. The second kappa shape index (κ2) is 7.11. The van der Waals surface area contributed by atoms with Crippen molar-refractivity contribution in [2.24, 2.45) is 5.92 Å². The van der Waals surface area contributed by atoms with E-state index in [0.717, 1.165) is 0 Å². The number of carbonyl (C=O) groups excluding carboxylic acids is 2. The summed E-state index contributed by atoms with van der Waals surface area (Å²) in [6.07, 6.45) is 0.987. The average molecular weight is 321 g/mol. The van der Waals surface area contributed by atoms with Crippen LogP contribution in [0.3, 0.4) is 0 Å². The van der Waals surface area contributed by atoms with E-state index >= 15 is 0 Å². The number of Topliss-reactive ketones (excluding diaryl/α,β-unsaturated/α-hetero) is 1. The summed E-state index contributed by atoms with van der Waals surface area (Å²) in [4.78, 5) is 26.0.